The standard InChI is InChI=1S/C26H20N2O4/c1-13-2-9-20-18(10-13)19(26(31)32)12-21(27-20)14-5-7-17(8-6-14)28-24(29)22-15-3-4-16(11-15)23(22)25(28)30/h2-10,12,15-16,22-23H,11H2,1H3,(H,31,32). The third-order valence-electron chi connectivity index (χ3n) is 7.09. The number of nitrogens with zero attached hydrogens (tertiary/aromatic N) is 2. The minimum absolute atomic E-state index is 0.114. The average Bonchev–Trinajstić information content (AvgIpc) is 3.47. The fourth-order valence-electron chi connectivity index (χ4n) is 5.60. The number of aromatic carboxylic acids is 1. The summed E-state index contributed by atoms with van der Waals surface area (Å²) in [7, 11) is 0. The lowest BCUT2D eigenvalue weighted by molar-refractivity contribution is -0.123. The summed E-state index contributed by atoms with van der Waals surface area (Å²) < 4.78 is 0. The molecule has 1 saturated heterocycles. The van der Waals surface area contributed by atoms with Crippen molar-refractivity contribution in [2.45, 2.75) is 13.3 Å². The Morgan fingerprint density at radius 3 is 2.25 bits per heavy atom. The van der Waals surface area contributed by atoms with Crippen LogP contribution in [0.4, 0.5) is 5.69 Å². The summed E-state index contributed by atoms with van der Waals surface area (Å²) in [5.74, 6) is -1.36. The largest absolute Gasteiger partial charge is 0.478 e. The number of carboxylic acids is 1. The number of carbonyl (C=O) groups excluding carboxylic acids is 2. The summed E-state index contributed by atoms with van der Waals surface area (Å²) >= 11 is 0. The molecule has 1 N–H and O–H groups in total. The molecule has 6 heteroatoms. The minimum atomic E-state index is -1.01. The zero-order chi connectivity index (χ0) is 22.1. The van der Waals surface area contributed by atoms with E-state index in [4.69, 9.17) is 0 Å². The number of aryl methyl sites for hydroxylation is 1. The fraction of sp³-hybridized carbons (Fsp3) is 0.231. The van der Waals surface area contributed by atoms with E-state index in [1.165, 1.54) is 4.90 Å². The van der Waals surface area contributed by atoms with Gasteiger partial charge in [0, 0.05) is 10.9 Å². The lowest BCUT2D eigenvalue weighted by atomic mass is 9.85. The Kier molecular flexibility index (Phi) is 3.90. The first-order chi connectivity index (χ1) is 15.4. The van der Waals surface area contributed by atoms with Crippen LogP contribution in [0.25, 0.3) is 22.2 Å². The van der Waals surface area contributed by atoms with Gasteiger partial charge in [-0.15, -0.1) is 0 Å². The minimum Gasteiger partial charge on any atom is -0.478 e. The number of pyridine rings is 1. The number of anilines is 1. The second kappa shape index (κ2) is 6.60. The van der Waals surface area contributed by atoms with Crippen molar-refractivity contribution in [2.24, 2.45) is 23.7 Å². The number of imide groups is 1. The molecule has 2 fully saturated rings. The Bertz CT molecular complexity index is 1330. The van der Waals surface area contributed by atoms with E-state index in [0.717, 1.165) is 17.5 Å². The number of carbonyl (C=O) groups is 3. The quantitative estimate of drug-likeness (QED) is 0.502. The number of hydrogen-bond acceptors (Lipinski definition) is 4. The van der Waals surface area contributed by atoms with Gasteiger partial charge in [-0.05, 0) is 55.5 Å². The van der Waals surface area contributed by atoms with Crippen molar-refractivity contribution in [3.8, 4) is 11.3 Å². The smallest absolute Gasteiger partial charge is 0.336 e. The molecule has 1 aromatic heterocycles. The van der Waals surface area contributed by atoms with E-state index in [2.05, 4.69) is 17.1 Å². The molecule has 3 aliphatic rings. The highest BCUT2D eigenvalue weighted by molar-refractivity contribution is 6.22. The Hall–Kier alpha value is -3.80. The maximum Gasteiger partial charge on any atom is 0.336 e. The van der Waals surface area contributed by atoms with Crippen molar-refractivity contribution < 1.29 is 19.5 Å². The monoisotopic (exact) mass is 424 g/mol. The maximum atomic E-state index is 13.0. The van der Waals surface area contributed by atoms with Crippen molar-refractivity contribution in [3.63, 3.8) is 0 Å². The average molecular weight is 424 g/mol. The van der Waals surface area contributed by atoms with Crippen molar-refractivity contribution in [3.05, 3.63) is 71.8 Å². The predicted molar refractivity (Wildman–Crippen MR) is 119 cm³/mol. The molecule has 2 bridgehead atoms. The van der Waals surface area contributed by atoms with Gasteiger partial charge in [0.2, 0.25) is 11.8 Å². The summed E-state index contributed by atoms with van der Waals surface area (Å²) in [5.41, 5.74) is 3.57. The van der Waals surface area contributed by atoms with Gasteiger partial charge in [-0.25, -0.2) is 9.78 Å². The second-order valence-electron chi connectivity index (χ2n) is 8.94. The number of amides is 2. The summed E-state index contributed by atoms with van der Waals surface area (Å²) in [4.78, 5) is 43.9. The number of hydrogen-bond donors (Lipinski definition) is 1. The zero-order valence-electron chi connectivity index (χ0n) is 17.4. The van der Waals surface area contributed by atoms with Gasteiger partial charge in [-0.1, -0.05) is 35.9 Å². The summed E-state index contributed by atoms with van der Waals surface area (Å²) in [6.45, 7) is 1.91. The van der Waals surface area contributed by atoms with Crippen LogP contribution in [0.15, 0.2) is 60.7 Å². The van der Waals surface area contributed by atoms with Gasteiger partial charge in [0.05, 0.1) is 34.3 Å². The summed E-state index contributed by atoms with van der Waals surface area (Å²) in [6.07, 6.45) is 5.06. The number of benzene rings is 2. The fourth-order valence-corrected chi connectivity index (χ4v) is 5.60. The van der Waals surface area contributed by atoms with E-state index < -0.39 is 5.97 Å². The Morgan fingerprint density at radius 1 is 0.969 bits per heavy atom. The first-order valence-electron chi connectivity index (χ1n) is 10.7. The zero-order valence-corrected chi connectivity index (χ0v) is 17.4. The first kappa shape index (κ1) is 18.9. The van der Waals surface area contributed by atoms with E-state index in [9.17, 15) is 19.5 Å². The number of allylic oxidation sites excluding steroid dienone is 2. The molecule has 3 aromatic rings. The number of aromatic nitrogens is 1. The van der Waals surface area contributed by atoms with Crippen molar-refractivity contribution in [1.29, 1.82) is 0 Å². The lowest BCUT2D eigenvalue weighted by Crippen LogP contribution is -2.32. The molecule has 1 aliphatic heterocycles. The van der Waals surface area contributed by atoms with Crippen LogP contribution >= 0.6 is 0 Å². The molecule has 0 spiro atoms. The third-order valence-corrected chi connectivity index (χ3v) is 7.09. The molecule has 1 saturated carbocycles. The molecular formula is C26H20N2O4. The Balaban J connectivity index is 1.36. The van der Waals surface area contributed by atoms with Crippen LogP contribution in [0.2, 0.25) is 0 Å². The van der Waals surface area contributed by atoms with Crippen molar-refractivity contribution in [2.75, 3.05) is 4.90 Å². The number of fused-ring (bicyclic) bond motifs is 6. The van der Waals surface area contributed by atoms with Gasteiger partial charge in [-0.2, -0.15) is 0 Å². The van der Waals surface area contributed by atoms with E-state index in [1.807, 2.05) is 25.1 Å². The molecule has 32 heavy (non-hydrogen) atoms. The van der Waals surface area contributed by atoms with Crippen LogP contribution in [-0.4, -0.2) is 27.9 Å². The van der Waals surface area contributed by atoms with Crippen LogP contribution in [-0.2, 0) is 9.59 Å². The Morgan fingerprint density at radius 2 is 1.62 bits per heavy atom. The molecule has 2 heterocycles. The highest BCUT2D eigenvalue weighted by atomic mass is 16.4. The van der Waals surface area contributed by atoms with Gasteiger partial charge in [0.25, 0.3) is 0 Å². The maximum absolute atomic E-state index is 13.0. The molecule has 6 nitrogen and oxygen atoms in total. The molecule has 6 rings (SSSR count). The normalized spacial score (nSPS) is 25.7. The van der Waals surface area contributed by atoms with E-state index in [1.54, 1.807) is 30.3 Å². The van der Waals surface area contributed by atoms with Crippen LogP contribution in [0.3, 0.4) is 0 Å². The van der Waals surface area contributed by atoms with Crippen LogP contribution in [0, 0.1) is 30.6 Å². The third kappa shape index (κ3) is 2.59. The summed E-state index contributed by atoms with van der Waals surface area (Å²) in [5, 5.41) is 10.3. The number of carboxylic acid groups (broad SMARTS) is 1. The first-order valence-corrected chi connectivity index (χ1v) is 10.7. The van der Waals surface area contributed by atoms with Gasteiger partial charge >= 0.3 is 5.97 Å². The molecular weight excluding hydrogens is 404 g/mol. The molecule has 158 valence electrons. The molecule has 2 amide bonds. The SMILES string of the molecule is Cc1ccc2nc(-c3ccc(N4C(=O)C5C6C=CC(C6)C5C4=O)cc3)cc(C(=O)O)c2c1. The lowest BCUT2D eigenvalue weighted by Gasteiger charge is -2.17. The van der Waals surface area contributed by atoms with Gasteiger partial charge < -0.3 is 5.11 Å². The van der Waals surface area contributed by atoms with E-state index in [0.29, 0.717) is 22.3 Å². The Labute approximate surface area is 184 Å². The van der Waals surface area contributed by atoms with Crippen LogP contribution in [0.1, 0.15) is 22.3 Å². The predicted octanol–water partition coefficient (Wildman–Crippen LogP) is 4.22. The molecule has 2 aromatic carbocycles. The number of rotatable bonds is 3. The second-order valence-corrected chi connectivity index (χ2v) is 8.94. The highest BCUT2D eigenvalue weighted by Gasteiger charge is 2.59. The molecule has 0 radical (unpaired) electrons. The molecule has 2 aliphatic carbocycles. The topological polar surface area (TPSA) is 87.6 Å². The van der Waals surface area contributed by atoms with Crippen LogP contribution < -0.4 is 4.90 Å². The van der Waals surface area contributed by atoms with Crippen molar-refractivity contribution in [1.82, 2.24) is 4.98 Å². The van der Waals surface area contributed by atoms with Crippen LogP contribution in [0.5, 0.6) is 0 Å². The van der Waals surface area contributed by atoms with Gasteiger partial charge in [-0.3, -0.25) is 14.5 Å². The van der Waals surface area contributed by atoms with Gasteiger partial charge in [0.1, 0.15) is 0 Å². The summed E-state index contributed by atoms with van der Waals surface area (Å²) in [6, 6.07) is 14.2. The van der Waals surface area contributed by atoms with E-state index >= 15 is 0 Å². The molecule has 4 unspecified atom stereocenters. The van der Waals surface area contributed by atoms with Gasteiger partial charge in [0.15, 0.2) is 0 Å². The van der Waals surface area contributed by atoms with E-state index in [-0.39, 0.29) is 41.0 Å². The van der Waals surface area contributed by atoms with Crippen molar-refractivity contribution >= 4 is 34.4 Å². The molecule has 4 atom stereocenters. The highest BCUT2D eigenvalue weighted by Crippen LogP contribution is 2.53.